The number of methoxy groups -OCH3 is 3. The normalized spacial score (nSPS) is 10.6. The Morgan fingerprint density at radius 2 is 1.58 bits per heavy atom. The van der Waals surface area contributed by atoms with Gasteiger partial charge in [0.05, 0.1) is 32.7 Å². The zero-order valence-electron chi connectivity index (χ0n) is 15.6. The standard InChI is InChI=1S/C21H24N2O3/c1-5-16-20(15-9-7-6-8-10-15)23-19(22-16)13-14-11-17(24-2)21(26-4)18(12-14)25-3/h6-12H,5,13H2,1-4H3,(H,22,23). The fourth-order valence-electron chi connectivity index (χ4n) is 3.08. The molecule has 0 radical (unpaired) electrons. The number of rotatable bonds is 7. The molecule has 0 bridgehead atoms. The second-order valence-corrected chi connectivity index (χ2v) is 5.94. The van der Waals surface area contributed by atoms with Gasteiger partial charge in [-0.2, -0.15) is 0 Å². The Labute approximate surface area is 154 Å². The van der Waals surface area contributed by atoms with E-state index in [0.29, 0.717) is 23.7 Å². The molecule has 136 valence electrons. The topological polar surface area (TPSA) is 56.4 Å². The van der Waals surface area contributed by atoms with Crippen LogP contribution in [0.4, 0.5) is 0 Å². The molecule has 1 heterocycles. The van der Waals surface area contributed by atoms with Gasteiger partial charge >= 0.3 is 0 Å². The highest BCUT2D eigenvalue weighted by Gasteiger charge is 2.16. The first-order valence-corrected chi connectivity index (χ1v) is 8.62. The number of nitrogens with one attached hydrogen (secondary N) is 1. The second-order valence-electron chi connectivity index (χ2n) is 5.94. The lowest BCUT2D eigenvalue weighted by atomic mass is 10.1. The van der Waals surface area contributed by atoms with Crippen LogP contribution in [0.15, 0.2) is 42.5 Å². The average molecular weight is 352 g/mol. The van der Waals surface area contributed by atoms with E-state index in [0.717, 1.165) is 34.8 Å². The molecular formula is C21H24N2O3. The van der Waals surface area contributed by atoms with Crippen molar-refractivity contribution in [2.45, 2.75) is 19.8 Å². The van der Waals surface area contributed by atoms with Crippen LogP contribution in [0.5, 0.6) is 17.2 Å². The Balaban J connectivity index is 1.96. The second kappa shape index (κ2) is 7.95. The van der Waals surface area contributed by atoms with Crippen LogP contribution in [-0.4, -0.2) is 31.3 Å². The maximum Gasteiger partial charge on any atom is 0.203 e. The number of aromatic amines is 1. The first-order chi connectivity index (χ1) is 12.7. The first-order valence-electron chi connectivity index (χ1n) is 8.62. The molecule has 1 N–H and O–H groups in total. The van der Waals surface area contributed by atoms with Crippen molar-refractivity contribution in [2.75, 3.05) is 21.3 Å². The highest BCUT2D eigenvalue weighted by atomic mass is 16.5. The Kier molecular flexibility index (Phi) is 5.46. The molecule has 0 aliphatic rings. The summed E-state index contributed by atoms with van der Waals surface area (Å²) in [5.41, 5.74) is 4.33. The predicted molar refractivity (Wildman–Crippen MR) is 102 cm³/mol. The smallest absolute Gasteiger partial charge is 0.203 e. The van der Waals surface area contributed by atoms with Gasteiger partial charge in [-0.3, -0.25) is 0 Å². The number of hydrogen-bond acceptors (Lipinski definition) is 4. The number of benzene rings is 2. The minimum absolute atomic E-state index is 0.595. The van der Waals surface area contributed by atoms with Crippen LogP contribution >= 0.6 is 0 Å². The third-order valence-electron chi connectivity index (χ3n) is 4.32. The van der Waals surface area contributed by atoms with E-state index < -0.39 is 0 Å². The van der Waals surface area contributed by atoms with E-state index >= 15 is 0 Å². The number of aromatic nitrogens is 2. The zero-order valence-corrected chi connectivity index (χ0v) is 15.6. The van der Waals surface area contributed by atoms with E-state index in [1.54, 1.807) is 21.3 Å². The Hall–Kier alpha value is -2.95. The summed E-state index contributed by atoms with van der Waals surface area (Å²) in [6.45, 7) is 2.12. The number of H-pyrrole nitrogens is 1. The van der Waals surface area contributed by atoms with Gasteiger partial charge in [-0.25, -0.2) is 4.98 Å². The number of ether oxygens (including phenoxy) is 3. The number of hydrogen-bond donors (Lipinski definition) is 1. The number of nitrogens with zero attached hydrogens (tertiary/aromatic N) is 1. The van der Waals surface area contributed by atoms with Gasteiger partial charge in [-0.1, -0.05) is 37.3 Å². The molecule has 0 spiro atoms. The van der Waals surface area contributed by atoms with Gasteiger partial charge < -0.3 is 19.2 Å². The molecule has 26 heavy (non-hydrogen) atoms. The van der Waals surface area contributed by atoms with Crippen LogP contribution in [0.1, 0.15) is 24.0 Å². The van der Waals surface area contributed by atoms with E-state index in [9.17, 15) is 0 Å². The van der Waals surface area contributed by atoms with Crippen molar-refractivity contribution in [3.63, 3.8) is 0 Å². The highest BCUT2D eigenvalue weighted by molar-refractivity contribution is 5.62. The molecule has 0 saturated carbocycles. The summed E-state index contributed by atoms with van der Waals surface area (Å²) in [5, 5.41) is 0. The van der Waals surface area contributed by atoms with Crippen LogP contribution in [-0.2, 0) is 12.8 Å². The van der Waals surface area contributed by atoms with Crippen LogP contribution in [0, 0.1) is 0 Å². The van der Waals surface area contributed by atoms with Crippen LogP contribution in [0.25, 0.3) is 11.3 Å². The fourth-order valence-corrected chi connectivity index (χ4v) is 3.08. The fraction of sp³-hybridized carbons (Fsp3) is 0.286. The summed E-state index contributed by atoms with van der Waals surface area (Å²) in [6, 6.07) is 14.2. The van der Waals surface area contributed by atoms with Gasteiger partial charge in [-0.05, 0) is 29.7 Å². The van der Waals surface area contributed by atoms with Crippen LogP contribution in [0.3, 0.4) is 0 Å². The van der Waals surface area contributed by atoms with Crippen LogP contribution < -0.4 is 14.2 Å². The monoisotopic (exact) mass is 352 g/mol. The quantitative estimate of drug-likeness (QED) is 0.690. The molecule has 0 fully saturated rings. The zero-order chi connectivity index (χ0) is 18.5. The summed E-state index contributed by atoms with van der Waals surface area (Å²) < 4.78 is 16.3. The summed E-state index contributed by atoms with van der Waals surface area (Å²) >= 11 is 0. The molecular weight excluding hydrogens is 328 g/mol. The minimum Gasteiger partial charge on any atom is -0.493 e. The lowest BCUT2D eigenvalue weighted by Gasteiger charge is -2.13. The van der Waals surface area contributed by atoms with Crippen LogP contribution in [0.2, 0.25) is 0 Å². The maximum absolute atomic E-state index is 5.44. The number of imidazole rings is 1. The molecule has 1 aromatic heterocycles. The van der Waals surface area contributed by atoms with Gasteiger partial charge in [0.15, 0.2) is 11.5 Å². The van der Waals surface area contributed by atoms with Crippen molar-refractivity contribution in [2.24, 2.45) is 0 Å². The predicted octanol–water partition coefficient (Wildman–Crippen LogP) is 4.26. The van der Waals surface area contributed by atoms with Gasteiger partial charge in [0.2, 0.25) is 5.75 Å². The molecule has 5 heteroatoms. The van der Waals surface area contributed by atoms with E-state index in [2.05, 4.69) is 24.0 Å². The van der Waals surface area contributed by atoms with E-state index in [1.165, 1.54) is 0 Å². The lowest BCUT2D eigenvalue weighted by molar-refractivity contribution is 0.324. The van der Waals surface area contributed by atoms with Gasteiger partial charge in [-0.15, -0.1) is 0 Å². The van der Waals surface area contributed by atoms with E-state index in [4.69, 9.17) is 19.2 Å². The molecule has 0 unspecified atom stereocenters. The third-order valence-corrected chi connectivity index (χ3v) is 4.32. The summed E-state index contributed by atoms with van der Waals surface area (Å²) in [6.07, 6.45) is 1.52. The van der Waals surface area contributed by atoms with Crippen molar-refractivity contribution >= 4 is 0 Å². The molecule has 0 saturated heterocycles. The molecule has 0 atom stereocenters. The summed E-state index contributed by atoms with van der Waals surface area (Å²) in [7, 11) is 4.85. The van der Waals surface area contributed by atoms with Crippen molar-refractivity contribution in [1.82, 2.24) is 9.97 Å². The Bertz CT molecular complexity index is 847. The molecule has 0 aliphatic heterocycles. The first kappa shape index (κ1) is 17.9. The van der Waals surface area contributed by atoms with E-state index in [-0.39, 0.29) is 0 Å². The molecule has 3 aromatic rings. The lowest BCUT2D eigenvalue weighted by Crippen LogP contribution is -1.98. The Morgan fingerprint density at radius 1 is 0.923 bits per heavy atom. The third kappa shape index (κ3) is 3.52. The van der Waals surface area contributed by atoms with Crippen molar-refractivity contribution in [3.8, 4) is 28.5 Å². The van der Waals surface area contributed by atoms with Crippen molar-refractivity contribution in [1.29, 1.82) is 0 Å². The number of aryl methyl sites for hydroxylation is 1. The summed E-state index contributed by atoms with van der Waals surface area (Å²) in [4.78, 5) is 8.26. The molecule has 3 rings (SSSR count). The van der Waals surface area contributed by atoms with E-state index in [1.807, 2.05) is 30.3 Å². The van der Waals surface area contributed by atoms with Gasteiger partial charge in [0.1, 0.15) is 5.82 Å². The molecule has 2 aromatic carbocycles. The van der Waals surface area contributed by atoms with Gasteiger partial charge in [0.25, 0.3) is 0 Å². The SMILES string of the molecule is CCc1nc(Cc2cc(OC)c(OC)c(OC)c2)[nH]c1-c1ccccc1. The largest absolute Gasteiger partial charge is 0.493 e. The van der Waals surface area contributed by atoms with Gasteiger partial charge in [0, 0.05) is 6.42 Å². The average Bonchev–Trinajstić information content (AvgIpc) is 3.10. The summed E-state index contributed by atoms with van der Waals surface area (Å²) in [5.74, 6) is 2.80. The maximum atomic E-state index is 5.44. The van der Waals surface area contributed by atoms with Crippen molar-refractivity contribution < 1.29 is 14.2 Å². The Morgan fingerprint density at radius 3 is 2.12 bits per heavy atom. The molecule has 5 nitrogen and oxygen atoms in total. The molecule has 0 aliphatic carbocycles. The highest BCUT2D eigenvalue weighted by Crippen LogP contribution is 2.38. The van der Waals surface area contributed by atoms with Crippen molar-refractivity contribution in [3.05, 3.63) is 59.5 Å². The minimum atomic E-state index is 0.595. The molecule has 0 amide bonds.